The summed E-state index contributed by atoms with van der Waals surface area (Å²) in [5.74, 6) is 0.854. The smallest absolute Gasteiger partial charge is 0.0277 e. The van der Waals surface area contributed by atoms with Crippen molar-refractivity contribution in [3.05, 3.63) is 180 Å². The summed E-state index contributed by atoms with van der Waals surface area (Å²) in [5.41, 5.74) is 13.0. The molecule has 0 unspecified atom stereocenters. The van der Waals surface area contributed by atoms with Gasteiger partial charge in [-0.2, -0.15) is 0 Å². The maximum Gasteiger partial charge on any atom is 0.0277 e. The molecule has 0 radical (unpaired) electrons. The number of nitrogens with zero attached hydrogens (tertiary/aromatic N) is 1. The number of rotatable bonds is 18. The lowest BCUT2D eigenvalue weighted by Crippen LogP contribution is -1.88. The van der Waals surface area contributed by atoms with Crippen LogP contribution in [0.15, 0.2) is 174 Å². The Morgan fingerprint density at radius 2 is 1.59 bits per heavy atom. The summed E-state index contributed by atoms with van der Waals surface area (Å²) < 4.78 is 0. The molecule has 0 bridgehead atoms. The van der Waals surface area contributed by atoms with E-state index in [1.807, 2.05) is 31.4 Å². The van der Waals surface area contributed by atoms with Crippen LogP contribution in [-0.2, 0) is 6.42 Å². The van der Waals surface area contributed by atoms with Gasteiger partial charge in [0.05, 0.1) is 0 Å². The van der Waals surface area contributed by atoms with Crippen LogP contribution >= 0.6 is 11.8 Å². The van der Waals surface area contributed by atoms with Crippen molar-refractivity contribution < 1.29 is 0 Å². The molecule has 0 heterocycles. The lowest BCUT2D eigenvalue weighted by Gasteiger charge is -2.11. The van der Waals surface area contributed by atoms with E-state index in [2.05, 4.69) is 165 Å². The summed E-state index contributed by atoms with van der Waals surface area (Å²) in [5, 5.41) is 0. The molecular formula is C47H51NS. The normalized spacial score (nSPS) is 11.9. The predicted molar refractivity (Wildman–Crippen MR) is 223 cm³/mol. The van der Waals surface area contributed by atoms with E-state index in [1.165, 1.54) is 44.5 Å². The van der Waals surface area contributed by atoms with Gasteiger partial charge in [-0.25, -0.2) is 0 Å². The first-order valence-electron chi connectivity index (χ1n) is 16.8. The van der Waals surface area contributed by atoms with Crippen LogP contribution in [0.2, 0.25) is 0 Å². The molecule has 250 valence electrons. The van der Waals surface area contributed by atoms with Gasteiger partial charge in [0, 0.05) is 23.9 Å². The fraction of sp³-hybridized carbons (Fsp3) is 0.191. The number of unbranched alkanes of at least 4 members (excludes halogenated alkanes) is 1. The topological polar surface area (TPSA) is 12.4 Å². The van der Waals surface area contributed by atoms with Crippen molar-refractivity contribution in [2.45, 2.75) is 46.0 Å². The summed E-state index contributed by atoms with van der Waals surface area (Å²) in [4.78, 5) is 5.11. The Labute approximate surface area is 301 Å². The zero-order valence-corrected chi connectivity index (χ0v) is 30.3. The summed E-state index contributed by atoms with van der Waals surface area (Å²) in [7, 11) is 1.79. The highest BCUT2D eigenvalue weighted by atomic mass is 32.2. The Hall–Kier alpha value is -5.06. The highest BCUT2D eigenvalue weighted by Gasteiger charge is 2.06. The molecule has 0 aliphatic heterocycles. The van der Waals surface area contributed by atoms with Gasteiger partial charge in [0.15, 0.2) is 0 Å². The van der Waals surface area contributed by atoms with E-state index < -0.39 is 0 Å². The first kappa shape index (κ1) is 40.1. The monoisotopic (exact) mass is 661 g/mol. The van der Waals surface area contributed by atoms with Crippen LogP contribution in [0.25, 0.3) is 27.8 Å². The summed E-state index contributed by atoms with van der Waals surface area (Å²) in [6.07, 6.45) is 37.9. The van der Waals surface area contributed by atoms with Gasteiger partial charge < -0.3 is 0 Å². The van der Waals surface area contributed by atoms with E-state index in [1.54, 1.807) is 18.8 Å². The van der Waals surface area contributed by atoms with Crippen LogP contribution in [-0.4, -0.2) is 19.0 Å². The van der Waals surface area contributed by atoms with Crippen LogP contribution < -0.4 is 0 Å². The van der Waals surface area contributed by atoms with Crippen molar-refractivity contribution in [1.29, 1.82) is 0 Å². The van der Waals surface area contributed by atoms with E-state index >= 15 is 0 Å². The fourth-order valence-corrected chi connectivity index (χ4v) is 5.60. The first-order chi connectivity index (χ1) is 24.1. The van der Waals surface area contributed by atoms with Gasteiger partial charge in [0.1, 0.15) is 0 Å². The molecular weight excluding hydrogens is 611 g/mol. The average molecular weight is 662 g/mol. The molecule has 3 aromatic rings. The zero-order valence-electron chi connectivity index (χ0n) is 29.5. The van der Waals surface area contributed by atoms with Gasteiger partial charge in [-0.1, -0.05) is 129 Å². The molecule has 2 heteroatoms. The molecule has 0 aliphatic rings. The molecule has 0 atom stereocenters. The third-order valence-corrected chi connectivity index (χ3v) is 8.37. The van der Waals surface area contributed by atoms with E-state index in [9.17, 15) is 0 Å². The van der Waals surface area contributed by atoms with Crippen LogP contribution in [0.3, 0.4) is 0 Å². The molecule has 0 N–H and O–H groups in total. The molecule has 0 fully saturated rings. The van der Waals surface area contributed by atoms with Crippen molar-refractivity contribution in [3.8, 4) is 35.1 Å². The molecule has 0 saturated heterocycles. The molecule has 0 spiro atoms. The minimum absolute atomic E-state index is 0.805. The van der Waals surface area contributed by atoms with Gasteiger partial charge in [-0.3, -0.25) is 4.99 Å². The number of allylic oxidation sites excluding steroid dienone is 11. The zero-order chi connectivity index (χ0) is 35.5. The number of hydrogen-bond acceptors (Lipinski definition) is 2. The van der Waals surface area contributed by atoms with Gasteiger partial charge in [-0.15, -0.1) is 36.9 Å². The van der Waals surface area contributed by atoms with Crippen molar-refractivity contribution in [3.63, 3.8) is 0 Å². The number of thioether (sulfide) groups is 1. The number of benzene rings is 3. The lowest BCUT2D eigenvalue weighted by molar-refractivity contribution is 1.05. The van der Waals surface area contributed by atoms with Crippen molar-refractivity contribution in [2.24, 2.45) is 4.99 Å². The van der Waals surface area contributed by atoms with E-state index in [0.29, 0.717) is 0 Å². The summed E-state index contributed by atoms with van der Waals surface area (Å²) in [6, 6.07) is 26.6. The molecule has 3 aromatic carbocycles. The Kier molecular flexibility index (Phi) is 20.5. The molecule has 49 heavy (non-hydrogen) atoms. The molecule has 0 aliphatic carbocycles. The van der Waals surface area contributed by atoms with Crippen LogP contribution in [0.4, 0.5) is 0 Å². The minimum atomic E-state index is 0.805. The molecule has 3 rings (SSSR count). The summed E-state index contributed by atoms with van der Waals surface area (Å²) in [6.45, 7) is 12.4. The second kappa shape index (κ2) is 25.0. The molecule has 0 saturated carbocycles. The number of aliphatic imine (C=N–C) groups is 1. The van der Waals surface area contributed by atoms with Crippen LogP contribution in [0, 0.1) is 12.8 Å². The maximum atomic E-state index is 4.41. The van der Waals surface area contributed by atoms with Crippen LogP contribution in [0.1, 0.15) is 50.7 Å². The van der Waals surface area contributed by atoms with Crippen molar-refractivity contribution in [1.82, 2.24) is 0 Å². The van der Waals surface area contributed by atoms with E-state index in [4.69, 9.17) is 0 Å². The fourth-order valence-electron chi connectivity index (χ4n) is 4.88. The summed E-state index contributed by atoms with van der Waals surface area (Å²) >= 11 is 1.76. The highest BCUT2D eigenvalue weighted by Crippen LogP contribution is 2.30. The molecule has 0 amide bonds. The largest absolute Gasteiger partial charge is 0.297 e. The SMILES string of the molecule is C#C.C=CCC/C=C\C=C(\C/C=C(\C=C/CC)c1ccc(-c2cccc(-c3cccc(C/C=C\C=NC)c3)c2)cc1)C(=C)SCC=C=CC. The Balaban J connectivity index is 0.00000409. The standard InChI is InChI=1S/C45H49NS.C2H2/c1-6-9-12-13-14-23-39(37(4)47-34-17-10-7-2)27-28-40(22-11-8-3)41-29-31-42(32-30-41)44-25-19-26-45(36-44)43-24-18-21-38(35-43)20-15-16-33-46-5;1-2/h6-7,11,13-19,21-26,28-33,35-36H,1,4,8-9,12,20,27,34H2,2-3,5H3;1-2H/b14-13-,16-15-,22-11-,39-23-,40-28+,46-33?;. The second-order valence-corrected chi connectivity index (χ2v) is 12.1. The van der Waals surface area contributed by atoms with Gasteiger partial charge in [-0.05, 0) is 108 Å². The Bertz CT molecular complexity index is 1730. The minimum Gasteiger partial charge on any atom is -0.297 e. The lowest BCUT2D eigenvalue weighted by atomic mass is 9.95. The second-order valence-electron chi connectivity index (χ2n) is 11.0. The third-order valence-electron chi connectivity index (χ3n) is 7.43. The number of hydrogen-bond donors (Lipinski definition) is 0. The number of terminal acetylenes is 1. The van der Waals surface area contributed by atoms with E-state index in [0.717, 1.165) is 42.8 Å². The Morgan fingerprint density at radius 1 is 0.878 bits per heavy atom. The highest BCUT2D eigenvalue weighted by molar-refractivity contribution is 8.03. The van der Waals surface area contributed by atoms with Gasteiger partial charge in [0.25, 0.3) is 0 Å². The maximum absolute atomic E-state index is 4.41. The van der Waals surface area contributed by atoms with Gasteiger partial charge in [0.2, 0.25) is 0 Å². The van der Waals surface area contributed by atoms with Crippen molar-refractivity contribution >= 4 is 23.5 Å². The van der Waals surface area contributed by atoms with Gasteiger partial charge >= 0.3 is 0 Å². The Morgan fingerprint density at radius 3 is 2.29 bits per heavy atom. The van der Waals surface area contributed by atoms with Crippen molar-refractivity contribution in [2.75, 3.05) is 12.8 Å². The van der Waals surface area contributed by atoms with E-state index in [-0.39, 0.29) is 0 Å². The molecule has 1 nitrogen and oxygen atoms in total. The predicted octanol–water partition coefficient (Wildman–Crippen LogP) is 13.2. The average Bonchev–Trinajstić information content (AvgIpc) is 3.15. The third kappa shape index (κ3) is 15.1. The first-order valence-corrected chi connectivity index (χ1v) is 17.8. The van der Waals surface area contributed by atoms with Crippen LogP contribution in [0.5, 0.6) is 0 Å². The molecule has 0 aromatic heterocycles. The quantitative estimate of drug-likeness (QED) is 0.0330.